The molecule has 0 amide bonds. The summed E-state index contributed by atoms with van der Waals surface area (Å²) in [5.41, 5.74) is 1.18. The van der Waals surface area contributed by atoms with E-state index >= 15 is 0 Å². The summed E-state index contributed by atoms with van der Waals surface area (Å²) in [7, 11) is 0. The Morgan fingerprint density at radius 2 is 2.36 bits per heavy atom. The van der Waals surface area contributed by atoms with Crippen LogP contribution in [0.3, 0.4) is 0 Å². The van der Waals surface area contributed by atoms with Gasteiger partial charge in [-0.1, -0.05) is 0 Å². The highest BCUT2D eigenvalue weighted by Gasteiger charge is 1.97. The third-order valence-electron chi connectivity index (χ3n) is 1.83. The Labute approximate surface area is 95.1 Å². The Bertz CT molecular complexity index is 382. The number of rotatable bonds is 4. The molecule has 0 spiro atoms. The Morgan fingerprint density at radius 3 is 3.00 bits per heavy atom. The number of hydrogen-bond acceptors (Lipinski definition) is 3. The second kappa shape index (κ2) is 4.77. The number of nitrogens with one attached hydrogen (secondary N) is 1. The highest BCUT2D eigenvalue weighted by Crippen LogP contribution is 2.19. The van der Waals surface area contributed by atoms with E-state index in [1.54, 1.807) is 23.9 Å². The molecule has 2 rings (SSSR count). The molecule has 0 aliphatic rings. The van der Waals surface area contributed by atoms with Crippen molar-refractivity contribution < 1.29 is 4.42 Å². The SMILES string of the molecule is Brc1csc(CNCc2ccoc2)c1. The van der Waals surface area contributed by atoms with Crippen LogP contribution < -0.4 is 5.32 Å². The third kappa shape index (κ3) is 2.70. The number of halogens is 1. The van der Waals surface area contributed by atoms with E-state index in [1.165, 1.54) is 10.4 Å². The van der Waals surface area contributed by atoms with Gasteiger partial charge in [0.05, 0.1) is 12.5 Å². The van der Waals surface area contributed by atoms with Gasteiger partial charge in [0.1, 0.15) is 0 Å². The molecule has 2 nitrogen and oxygen atoms in total. The predicted molar refractivity (Wildman–Crippen MR) is 61.3 cm³/mol. The number of hydrogen-bond donors (Lipinski definition) is 1. The molecule has 0 atom stereocenters. The second-order valence-corrected chi connectivity index (χ2v) is 4.88. The fraction of sp³-hybridized carbons (Fsp3) is 0.200. The summed E-state index contributed by atoms with van der Waals surface area (Å²) >= 11 is 5.18. The Balaban J connectivity index is 1.78. The molecular weight excluding hydrogens is 262 g/mol. The summed E-state index contributed by atoms with van der Waals surface area (Å²) < 4.78 is 6.13. The predicted octanol–water partition coefficient (Wildman–Crippen LogP) is 3.39. The molecule has 2 heterocycles. The zero-order valence-electron chi connectivity index (χ0n) is 7.50. The molecule has 1 N–H and O–H groups in total. The lowest BCUT2D eigenvalue weighted by Gasteiger charge is -1.99. The smallest absolute Gasteiger partial charge is 0.0947 e. The molecule has 0 aliphatic carbocycles. The van der Waals surface area contributed by atoms with Crippen molar-refractivity contribution in [3.63, 3.8) is 0 Å². The first-order valence-electron chi connectivity index (χ1n) is 4.29. The van der Waals surface area contributed by atoms with Crippen molar-refractivity contribution in [1.29, 1.82) is 0 Å². The number of thiophene rings is 1. The van der Waals surface area contributed by atoms with Gasteiger partial charge in [0.25, 0.3) is 0 Å². The zero-order valence-corrected chi connectivity index (χ0v) is 9.90. The average Bonchev–Trinajstić information content (AvgIpc) is 2.77. The first-order chi connectivity index (χ1) is 6.84. The molecule has 0 bridgehead atoms. The van der Waals surface area contributed by atoms with E-state index < -0.39 is 0 Å². The van der Waals surface area contributed by atoms with Gasteiger partial charge in [-0.25, -0.2) is 0 Å². The average molecular weight is 272 g/mol. The normalized spacial score (nSPS) is 10.6. The molecule has 2 aromatic heterocycles. The standard InChI is InChI=1S/C10H10BrNOS/c11-9-3-10(14-7-9)5-12-4-8-1-2-13-6-8/h1-3,6-7,12H,4-5H2. The molecule has 0 saturated carbocycles. The quantitative estimate of drug-likeness (QED) is 0.922. The maximum atomic E-state index is 4.98. The van der Waals surface area contributed by atoms with Gasteiger partial charge in [-0.15, -0.1) is 11.3 Å². The van der Waals surface area contributed by atoms with Crippen LogP contribution in [-0.2, 0) is 13.1 Å². The molecule has 0 saturated heterocycles. The van der Waals surface area contributed by atoms with Crippen molar-refractivity contribution in [2.45, 2.75) is 13.1 Å². The summed E-state index contributed by atoms with van der Waals surface area (Å²) in [5.74, 6) is 0. The highest BCUT2D eigenvalue weighted by atomic mass is 79.9. The van der Waals surface area contributed by atoms with Crippen LogP contribution in [-0.4, -0.2) is 0 Å². The molecule has 4 heteroatoms. The molecular formula is C10H10BrNOS. The van der Waals surface area contributed by atoms with Gasteiger partial charge in [-0.2, -0.15) is 0 Å². The zero-order chi connectivity index (χ0) is 9.80. The van der Waals surface area contributed by atoms with Crippen LogP contribution >= 0.6 is 27.3 Å². The lowest BCUT2D eigenvalue weighted by molar-refractivity contribution is 0.560. The van der Waals surface area contributed by atoms with E-state index in [0.717, 1.165) is 17.6 Å². The van der Waals surface area contributed by atoms with E-state index in [0.29, 0.717) is 0 Å². The molecule has 2 aromatic rings. The molecule has 0 radical (unpaired) electrons. The second-order valence-electron chi connectivity index (χ2n) is 2.97. The van der Waals surface area contributed by atoms with Crippen LogP contribution in [0.2, 0.25) is 0 Å². The molecule has 0 fully saturated rings. The summed E-state index contributed by atoms with van der Waals surface area (Å²) in [6, 6.07) is 4.10. The largest absolute Gasteiger partial charge is 0.472 e. The fourth-order valence-corrected chi connectivity index (χ4v) is 2.59. The topological polar surface area (TPSA) is 25.2 Å². The Kier molecular flexibility index (Phi) is 3.39. The van der Waals surface area contributed by atoms with E-state index in [-0.39, 0.29) is 0 Å². The van der Waals surface area contributed by atoms with E-state index in [1.807, 2.05) is 6.07 Å². The minimum Gasteiger partial charge on any atom is -0.472 e. The van der Waals surface area contributed by atoms with Gasteiger partial charge in [-0.05, 0) is 28.1 Å². The van der Waals surface area contributed by atoms with Crippen LogP contribution in [0.1, 0.15) is 10.4 Å². The van der Waals surface area contributed by atoms with Crippen molar-refractivity contribution in [2.75, 3.05) is 0 Å². The minimum atomic E-state index is 0.853. The Hall–Kier alpha value is -0.580. The lowest BCUT2D eigenvalue weighted by atomic mass is 10.3. The molecule has 14 heavy (non-hydrogen) atoms. The van der Waals surface area contributed by atoms with Gasteiger partial charge in [0.15, 0.2) is 0 Å². The third-order valence-corrected chi connectivity index (χ3v) is 3.53. The molecule has 74 valence electrons. The van der Waals surface area contributed by atoms with Crippen molar-refractivity contribution in [3.8, 4) is 0 Å². The molecule has 0 aromatic carbocycles. The highest BCUT2D eigenvalue weighted by molar-refractivity contribution is 9.10. The van der Waals surface area contributed by atoms with Crippen molar-refractivity contribution in [3.05, 3.63) is 45.0 Å². The molecule has 0 aliphatic heterocycles. The van der Waals surface area contributed by atoms with Crippen LogP contribution in [0.4, 0.5) is 0 Å². The van der Waals surface area contributed by atoms with Crippen LogP contribution in [0.15, 0.2) is 38.9 Å². The minimum absolute atomic E-state index is 0.853. The van der Waals surface area contributed by atoms with Gasteiger partial charge in [0.2, 0.25) is 0 Å². The fourth-order valence-electron chi connectivity index (χ4n) is 1.17. The summed E-state index contributed by atoms with van der Waals surface area (Å²) in [6.45, 7) is 1.76. The van der Waals surface area contributed by atoms with Crippen LogP contribution in [0.25, 0.3) is 0 Å². The number of furan rings is 1. The first kappa shape index (κ1) is 9.96. The van der Waals surface area contributed by atoms with Gasteiger partial charge >= 0.3 is 0 Å². The van der Waals surface area contributed by atoms with E-state index in [4.69, 9.17) is 4.42 Å². The van der Waals surface area contributed by atoms with E-state index in [2.05, 4.69) is 32.7 Å². The van der Waals surface area contributed by atoms with E-state index in [9.17, 15) is 0 Å². The van der Waals surface area contributed by atoms with Crippen molar-refractivity contribution >= 4 is 27.3 Å². The maximum absolute atomic E-state index is 4.98. The first-order valence-corrected chi connectivity index (χ1v) is 5.96. The maximum Gasteiger partial charge on any atom is 0.0947 e. The Morgan fingerprint density at radius 1 is 1.43 bits per heavy atom. The summed E-state index contributed by atoms with van der Waals surface area (Å²) in [6.07, 6.45) is 3.45. The van der Waals surface area contributed by atoms with Crippen molar-refractivity contribution in [2.24, 2.45) is 0 Å². The monoisotopic (exact) mass is 271 g/mol. The van der Waals surface area contributed by atoms with Gasteiger partial charge in [-0.3, -0.25) is 0 Å². The van der Waals surface area contributed by atoms with Crippen LogP contribution in [0, 0.1) is 0 Å². The van der Waals surface area contributed by atoms with Crippen LogP contribution in [0.5, 0.6) is 0 Å². The summed E-state index contributed by atoms with van der Waals surface area (Å²) in [4.78, 5) is 1.33. The summed E-state index contributed by atoms with van der Waals surface area (Å²) in [5, 5.41) is 5.44. The van der Waals surface area contributed by atoms with Gasteiger partial charge in [0, 0.05) is 33.4 Å². The van der Waals surface area contributed by atoms with Gasteiger partial charge < -0.3 is 9.73 Å². The molecule has 0 unspecified atom stereocenters. The lowest BCUT2D eigenvalue weighted by Crippen LogP contribution is -2.10. The van der Waals surface area contributed by atoms with Crippen molar-refractivity contribution in [1.82, 2.24) is 5.32 Å².